The number of rotatable bonds is 10. The fraction of sp³-hybridized carbons (Fsp3) is 0.229. The van der Waals surface area contributed by atoms with Crippen LogP contribution in [-0.2, 0) is 14.2 Å². The van der Waals surface area contributed by atoms with E-state index in [2.05, 4.69) is 9.47 Å². The number of carbonyl (C=O) groups is 3. The summed E-state index contributed by atoms with van der Waals surface area (Å²) in [5.74, 6) is -0.882. The van der Waals surface area contributed by atoms with Crippen molar-refractivity contribution >= 4 is 29.3 Å². The number of nitro groups is 2. The van der Waals surface area contributed by atoms with Crippen LogP contribution in [0.5, 0.6) is 28.7 Å². The molecule has 17 nitrogen and oxygen atoms in total. The summed E-state index contributed by atoms with van der Waals surface area (Å²) < 4.78 is 34.1. The van der Waals surface area contributed by atoms with Crippen molar-refractivity contribution in [1.29, 1.82) is 0 Å². The van der Waals surface area contributed by atoms with Gasteiger partial charge in [0.05, 0.1) is 82.9 Å². The van der Waals surface area contributed by atoms with Crippen LogP contribution in [0.1, 0.15) is 36.6 Å². The first-order valence-corrected chi connectivity index (χ1v) is 14.7. The lowest BCUT2D eigenvalue weighted by Crippen LogP contribution is -2.07. The Morgan fingerprint density at radius 3 is 1.50 bits per heavy atom. The quantitative estimate of drug-likeness (QED) is 0.0863. The van der Waals surface area contributed by atoms with Crippen LogP contribution in [-0.4, -0.2) is 82.6 Å². The van der Waals surface area contributed by atoms with E-state index in [-0.39, 0.29) is 51.1 Å². The van der Waals surface area contributed by atoms with Gasteiger partial charge in [-0.15, -0.1) is 0 Å². The lowest BCUT2D eigenvalue weighted by atomic mass is 9.97. The van der Waals surface area contributed by atoms with Gasteiger partial charge in [-0.3, -0.25) is 20.2 Å². The summed E-state index contributed by atoms with van der Waals surface area (Å²) in [5.41, 5.74) is 1.26. The van der Waals surface area contributed by atoms with Crippen LogP contribution in [0.15, 0.2) is 66.7 Å². The largest absolute Gasteiger partial charge is 0.504 e. The molecule has 0 amide bonds. The maximum Gasteiger partial charge on any atom is 0.341 e. The highest BCUT2D eigenvalue weighted by molar-refractivity contribution is 6.01. The summed E-state index contributed by atoms with van der Waals surface area (Å²) in [6.07, 6.45) is 0. The van der Waals surface area contributed by atoms with E-state index in [1.165, 1.54) is 74.0 Å². The van der Waals surface area contributed by atoms with Crippen molar-refractivity contribution in [2.75, 3.05) is 49.8 Å². The van der Waals surface area contributed by atoms with Crippen molar-refractivity contribution in [3.63, 3.8) is 0 Å². The van der Waals surface area contributed by atoms with E-state index < -0.39 is 27.8 Å². The molecule has 0 aliphatic heterocycles. The topological polar surface area (TPSA) is 222 Å². The minimum absolute atomic E-state index is 0.0306. The van der Waals surface area contributed by atoms with Gasteiger partial charge in [0.25, 0.3) is 11.4 Å². The molecule has 0 heterocycles. The first-order chi connectivity index (χ1) is 24.7. The maximum atomic E-state index is 12.1. The van der Waals surface area contributed by atoms with Crippen molar-refractivity contribution in [2.45, 2.75) is 6.92 Å². The molecule has 0 atom stereocenters. The second-order valence-electron chi connectivity index (χ2n) is 9.94. The standard InChI is InChI=1S/C16H15NO6.C10H11NO5.C9H10O4/c1-21-13-7-5-4-6-11(13)15-12(16(18)23-3)8-10(17(19)20)9-14(15)22-2;1-6-8(10(12)16-3)4-7(11(13)14)5-9(6)15-2;1-12-7-5-3-4-6(8(7)10)9(11)13-2/h4-9H,1-3H3;4-5H,1-3H3;3-5,10H,1-2H3. The van der Waals surface area contributed by atoms with Crippen LogP contribution < -0.4 is 18.9 Å². The average molecular weight is 725 g/mol. The molecule has 4 rings (SSSR count). The van der Waals surface area contributed by atoms with Gasteiger partial charge in [0.1, 0.15) is 22.8 Å². The minimum atomic E-state index is -0.701. The number of aromatic hydroxyl groups is 1. The first kappa shape index (κ1) is 41.3. The van der Waals surface area contributed by atoms with Crippen LogP contribution in [0.2, 0.25) is 0 Å². The molecule has 0 unspecified atom stereocenters. The minimum Gasteiger partial charge on any atom is -0.504 e. The van der Waals surface area contributed by atoms with Crippen LogP contribution in [0.3, 0.4) is 0 Å². The Morgan fingerprint density at radius 2 is 1.00 bits per heavy atom. The molecule has 0 aliphatic rings. The molecule has 0 fully saturated rings. The lowest BCUT2D eigenvalue weighted by molar-refractivity contribution is -0.385. The SMILES string of the molecule is COC(=O)c1cc([N+](=O)[O-])cc(OC)c1-c1ccccc1OC.COC(=O)c1cc([N+](=O)[O-])cc(OC)c1C.COC(=O)c1cccc(OC)c1O. The molecule has 52 heavy (non-hydrogen) atoms. The molecular formula is C35H36N2O15. The highest BCUT2D eigenvalue weighted by Crippen LogP contribution is 2.41. The van der Waals surface area contributed by atoms with E-state index in [4.69, 9.17) is 23.7 Å². The molecule has 0 bridgehead atoms. The highest BCUT2D eigenvalue weighted by Gasteiger charge is 2.25. The first-order valence-electron chi connectivity index (χ1n) is 14.7. The average Bonchev–Trinajstić information content (AvgIpc) is 3.16. The Labute approximate surface area is 297 Å². The van der Waals surface area contributed by atoms with E-state index in [1.807, 2.05) is 0 Å². The second-order valence-corrected chi connectivity index (χ2v) is 9.94. The number of methoxy groups -OCH3 is 7. The summed E-state index contributed by atoms with van der Waals surface area (Å²) in [7, 11) is 9.34. The summed E-state index contributed by atoms with van der Waals surface area (Å²) in [5, 5.41) is 31.2. The number of phenolic OH excluding ortho intramolecular Hbond substituents is 1. The number of hydrogen-bond donors (Lipinski definition) is 1. The third-order valence-corrected chi connectivity index (χ3v) is 7.10. The van der Waals surface area contributed by atoms with E-state index in [1.54, 1.807) is 43.3 Å². The monoisotopic (exact) mass is 724 g/mol. The van der Waals surface area contributed by atoms with Crippen LogP contribution in [0, 0.1) is 27.2 Å². The molecule has 0 saturated carbocycles. The number of nitrogens with zero attached hydrogens (tertiary/aromatic N) is 2. The molecule has 276 valence electrons. The molecule has 0 saturated heterocycles. The number of non-ortho nitro benzene ring substituents is 2. The Bertz CT molecular complexity index is 1940. The van der Waals surface area contributed by atoms with E-state index in [0.717, 1.165) is 6.07 Å². The number of hydrogen-bond acceptors (Lipinski definition) is 15. The van der Waals surface area contributed by atoms with E-state index in [9.17, 15) is 39.7 Å². The molecule has 17 heteroatoms. The van der Waals surface area contributed by atoms with E-state index in [0.29, 0.717) is 22.4 Å². The van der Waals surface area contributed by atoms with Gasteiger partial charge < -0.3 is 38.3 Å². The summed E-state index contributed by atoms with van der Waals surface area (Å²) >= 11 is 0. The number of nitro benzene ring substituents is 2. The summed E-state index contributed by atoms with van der Waals surface area (Å²) in [6.45, 7) is 1.63. The van der Waals surface area contributed by atoms with E-state index >= 15 is 0 Å². The Kier molecular flexibility index (Phi) is 15.3. The van der Waals surface area contributed by atoms with Crippen molar-refractivity contribution < 1.29 is 62.5 Å². The number of benzene rings is 4. The number of para-hydroxylation sites is 2. The number of carbonyl (C=O) groups excluding carboxylic acids is 3. The predicted octanol–water partition coefficient (Wildman–Crippen LogP) is 5.95. The highest BCUT2D eigenvalue weighted by atomic mass is 16.6. The zero-order valence-electron chi connectivity index (χ0n) is 29.4. The van der Waals surface area contributed by atoms with Gasteiger partial charge in [-0.2, -0.15) is 0 Å². The van der Waals surface area contributed by atoms with Crippen LogP contribution >= 0.6 is 0 Å². The van der Waals surface area contributed by atoms with Crippen LogP contribution in [0.25, 0.3) is 11.1 Å². The van der Waals surface area contributed by atoms with Gasteiger partial charge in [-0.05, 0) is 25.1 Å². The van der Waals surface area contributed by atoms with Crippen molar-refractivity contribution in [1.82, 2.24) is 0 Å². The van der Waals surface area contributed by atoms with Gasteiger partial charge in [-0.1, -0.05) is 24.3 Å². The summed E-state index contributed by atoms with van der Waals surface area (Å²) in [6, 6.07) is 16.5. The van der Waals surface area contributed by atoms with Crippen molar-refractivity contribution in [2.24, 2.45) is 0 Å². The molecule has 4 aromatic rings. The molecule has 0 aliphatic carbocycles. The van der Waals surface area contributed by atoms with Crippen molar-refractivity contribution in [3.05, 3.63) is 109 Å². The fourth-order valence-corrected chi connectivity index (χ4v) is 4.54. The maximum absolute atomic E-state index is 12.1. The Hall–Kier alpha value is -6.91. The normalized spacial score (nSPS) is 9.77. The Balaban J connectivity index is 0.000000284. The molecule has 0 radical (unpaired) electrons. The third kappa shape index (κ3) is 9.84. The number of phenols is 1. The molecule has 4 aromatic carbocycles. The molecular weight excluding hydrogens is 688 g/mol. The Morgan fingerprint density at radius 1 is 0.558 bits per heavy atom. The number of esters is 3. The fourth-order valence-electron chi connectivity index (χ4n) is 4.54. The number of ether oxygens (including phenoxy) is 7. The van der Waals surface area contributed by atoms with Gasteiger partial charge in [-0.25, -0.2) is 14.4 Å². The van der Waals surface area contributed by atoms with Gasteiger partial charge in [0, 0.05) is 28.8 Å². The molecule has 1 N–H and O–H groups in total. The summed E-state index contributed by atoms with van der Waals surface area (Å²) in [4.78, 5) is 55.1. The smallest absolute Gasteiger partial charge is 0.341 e. The van der Waals surface area contributed by atoms with Gasteiger partial charge in [0.15, 0.2) is 11.5 Å². The zero-order valence-corrected chi connectivity index (χ0v) is 29.4. The van der Waals surface area contributed by atoms with Crippen LogP contribution in [0.4, 0.5) is 11.4 Å². The lowest BCUT2D eigenvalue weighted by Gasteiger charge is -2.15. The second kappa shape index (κ2) is 19.3. The predicted molar refractivity (Wildman–Crippen MR) is 185 cm³/mol. The third-order valence-electron chi connectivity index (χ3n) is 7.10. The van der Waals surface area contributed by atoms with Gasteiger partial charge in [0.2, 0.25) is 0 Å². The van der Waals surface area contributed by atoms with Crippen molar-refractivity contribution in [3.8, 4) is 39.9 Å². The molecule has 0 spiro atoms. The zero-order chi connectivity index (χ0) is 39.1. The molecule has 0 aromatic heterocycles. The van der Waals surface area contributed by atoms with Gasteiger partial charge >= 0.3 is 17.9 Å².